The zero-order valence-corrected chi connectivity index (χ0v) is 12.7. The topological polar surface area (TPSA) is 59.6 Å². The lowest BCUT2D eigenvalue weighted by Gasteiger charge is -2.14. The number of nitrogens with two attached hydrogens (primary N) is 1. The molecule has 5 heteroatoms. The number of nitrogens with one attached hydrogen (secondary N) is 1. The van der Waals surface area contributed by atoms with E-state index in [9.17, 15) is 4.39 Å². The van der Waals surface area contributed by atoms with Crippen LogP contribution in [0.5, 0.6) is 0 Å². The molecule has 0 saturated heterocycles. The molecule has 1 unspecified atom stereocenters. The van der Waals surface area contributed by atoms with Crippen LogP contribution in [0, 0.1) is 12.7 Å². The molecule has 0 fully saturated rings. The Morgan fingerprint density at radius 3 is 2.64 bits per heavy atom. The van der Waals surface area contributed by atoms with Crippen LogP contribution in [-0.2, 0) is 4.74 Å². The summed E-state index contributed by atoms with van der Waals surface area (Å²) >= 11 is 0. The molecule has 0 aliphatic heterocycles. The minimum atomic E-state index is -0.275. The number of guanidine groups is 1. The largest absolute Gasteiger partial charge is 0.375 e. The van der Waals surface area contributed by atoms with E-state index in [1.54, 1.807) is 19.2 Å². The van der Waals surface area contributed by atoms with Gasteiger partial charge in [-0.1, -0.05) is 24.3 Å². The lowest BCUT2D eigenvalue weighted by atomic mass is 10.1. The fourth-order valence-corrected chi connectivity index (χ4v) is 2.08. The van der Waals surface area contributed by atoms with Crippen molar-refractivity contribution in [2.45, 2.75) is 13.0 Å². The number of hydrogen-bond donors (Lipinski definition) is 2. The minimum absolute atomic E-state index is 0.265. The minimum Gasteiger partial charge on any atom is -0.375 e. The molecule has 1 atom stereocenters. The fourth-order valence-electron chi connectivity index (χ4n) is 2.08. The van der Waals surface area contributed by atoms with Crippen molar-refractivity contribution in [1.29, 1.82) is 0 Å². The second-order valence-corrected chi connectivity index (χ2v) is 5.00. The van der Waals surface area contributed by atoms with Crippen molar-refractivity contribution in [2.24, 2.45) is 10.7 Å². The summed E-state index contributed by atoms with van der Waals surface area (Å²) in [7, 11) is 1.59. The van der Waals surface area contributed by atoms with Gasteiger partial charge in [0.05, 0.1) is 6.54 Å². The molecule has 0 aliphatic carbocycles. The van der Waals surface area contributed by atoms with Crippen molar-refractivity contribution < 1.29 is 9.13 Å². The molecule has 0 saturated carbocycles. The lowest BCUT2D eigenvalue weighted by Crippen LogP contribution is -2.23. The molecule has 0 spiro atoms. The van der Waals surface area contributed by atoms with E-state index in [-0.39, 0.29) is 11.9 Å². The number of methoxy groups -OCH3 is 1. The zero-order chi connectivity index (χ0) is 15.9. The molecule has 116 valence electrons. The highest BCUT2D eigenvalue weighted by molar-refractivity contribution is 5.92. The first-order valence-corrected chi connectivity index (χ1v) is 7.00. The second-order valence-electron chi connectivity index (χ2n) is 5.00. The van der Waals surface area contributed by atoms with Crippen molar-refractivity contribution in [3.63, 3.8) is 0 Å². The van der Waals surface area contributed by atoms with Crippen molar-refractivity contribution in [3.05, 3.63) is 65.5 Å². The van der Waals surface area contributed by atoms with E-state index in [1.807, 2.05) is 31.2 Å². The van der Waals surface area contributed by atoms with Crippen molar-refractivity contribution in [2.75, 3.05) is 19.0 Å². The number of ether oxygens (including phenoxy) is 1. The van der Waals surface area contributed by atoms with Gasteiger partial charge in [0.15, 0.2) is 5.96 Å². The number of aliphatic imine (C=N–C) groups is 1. The van der Waals surface area contributed by atoms with Gasteiger partial charge in [-0.05, 0) is 42.3 Å². The van der Waals surface area contributed by atoms with Crippen LogP contribution in [0.1, 0.15) is 17.2 Å². The van der Waals surface area contributed by atoms with Gasteiger partial charge in [0.2, 0.25) is 0 Å². The Kier molecular flexibility index (Phi) is 5.49. The average molecular weight is 301 g/mol. The van der Waals surface area contributed by atoms with Crippen LogP contribution in [0.3, 0.4) is 0 Å². The number of halogens is 1. The molecule has 2 aromatic rings. The summed E-state index contributed by atoms with van der Waals surface area (Å²) in [6.07, 6.45) is -0.265. The summed E-state index contributed by atoms with van der Waals surface area (Å²) in [5, 5.41) is 3.03. The fraction of sp³-hybridized carbons (Fsp3) is 0.235. The maximum Gasteiger partial charge on any atom is 0.193 e. The van der Waals surface area contributed by atoms with Crippen LogP contribution < -0.4 is 11.1 Å². The summed E-state index contributed by atoms with van der Waals surface area (Å²) < 4.78 is 18.3. The number of aryl methyl sites for hydroxylation is 1. The molecule has 2 aromatic carbocycles. The summed E-state index contributed by atoms with van der Waals surface area (Å²) in [6.45, 7) is 2.36. The normalized spacial score (nSPS) is 13.0. The van der Waals surface area contributed by atoms with E-state index in [0.29, 0.717) is 12.5 Å². The molecule has 22 heavy (non-hydrogen) atoms. The number of nitrogens with zero attached hydrogens (tertiary/aromatic N) is 1. The van der Waals surface area contributed by atoms with Gasteiger partial charge in [0.25, 0.3) is 0 Å². The smallest absolute Gasteiger partial charge is 0.193 e. The standard InChI is InChI=1S/C17H20FN3O/c1-12-4-3-5-15(10-12)21-17(19)20-11-16(22-2)13-6-8-14(18)9-7-13/h3-10,16H,11H2,1-2H3,(H3,19,20,21). The first-order valence-electron chi connectivity index (χ1n) is 7.00. The van der Waals surface area contributed by atoms with Gasteiger partial charge in [-0.25, -0.2) is 4.39 Å². The van der Waals surface area contributed by atoms with E-state index in [2.05, 4.69) is 10.3 Å². The number of hydrogen-bond acceptors (Lipinski definition) is 2. The predicted octanol–water partition coefficient (Wildman–Crippen LogP) is 3.25. The van der Waals surface area contributed by atoms with Crippen LogP contribution in [-0.4, -0.2) is 19.6 Å². The maximum atomic E-state index is 12.9. The number of benzene rings is 2. The SMILES string of the molecule is COC(CN=C(N)Nc1cccc(C)c1)c1ccc(F)cc1. The Labute approximate surface area is 129 Å². The second kappa shape index (κ2) is 7.56. The van der Waals surface area contributed by atoms with E-state index in [1.165, 1.54) is 12.1 Å². The molecule has 3 N–H and O–H groups in total. The average Bonchev–Trinajstić information content (AvgIpc) is 2.49. The van der Waals surface area contributed by atoms with Crippen LogP contribution in [0.2, 0.25) is 0 Å². The summed E-state index contributed by atoms with van der Waals surface area (Å²) in [4.78, 5) is 4.28. The zero-order valence-electron chi connectivity index (χ0n) is 12.7. The van der Waals surface area contributed by atoms with Gasteiger partial charge >= 0.3 is 0 Å². The van der Waals surface area contributed by atoms with Gasteiger partial charge in [0.1, 0.15) is 11.9 Å². The van der Waals surface area contributed by atoms with Gasteiger partial charge < -0.3 is 15.8 Å². The van der Waals surface area contributed by atoms with Crippen LogP contribution in [0.25, 0.3) is 0 Å². The van der Waals surface area contributed by atoms with Gasteiger partial charge in [0, 0.05) is 12.8 Å². The molecule has 4 nitrogen and oxygen atoms in total. The quantitative estimate of drug-likeness (QED) is 0.658. The Balaban J connectivity index is 2.00. The van der Waals surface area contributed by atoms with E-state index < -0.39 is 0 Å². The summed E-state index contributed by atoms with van der Waals surface area (Å²) in [5.74, 6) is 0.0393. The van der Waals surface area contributed by atoms with Crippen molar-refractivity contribution in [3.8, 4) is 0 Å². The molecule has 0 aliphatic rings. The molecule has 0 amide bonds. The molecule has 0 radical (unpaired) electrons. The van der Waals surface area contributed by atoms with Crippen molar-refractivity contribution >= 4 is 11.6 Å². The van der Waals surface area contributed by atoms with Gasteiger partial charge in [-0.2, -0.15) is 0 Å². The van der Waals surface area contributed by atoms with Crippen LogP contribution in [0.4, 0.5) is 10.1 Å². The highest BCUT2D eigenvalue weighted by atomic mass is 19.1. The molecular formula is C17H20FN3O. The third kappa shape index (κ3) is 4.56. The lowest BCUT2D eigenvalue weighted by molar-refractivity contribution is 0.111. The van der Waals surface area contributed by atoms with Crippen LogP contribution in [0.15, 0.2) is 53.5 Å². The third-order valence-corrected chi connectivity index (χ3v) is 3.24. The highest BCUT2D eigenvalue weighted by Gasteiger charge is 2.10. The van der Waals surface area contributed by atoms with E-state index in [0.717, 1.165) is 16.8 Å². The number of rotatable bonds is 5. The third-order valence-electron chi connectivity index (χ3n) is 3.24. The summed E-state index contributed by atoms with van der Waals surface area (Å²) in [6, 6.07) is 14.0. The van der Waals surface area contributed by atoms with Gasteiger partial charge in [-0.3, -0.25) is 4.99 Å². The van der Waals surface area contributed by atoms with E-state index in [4.69, 9.17) is 10.5 Å². The molecule has 2 rings (SSSR count). The Bertz CT molecular complexity index is 641. The molecule has 0 bridgehead atoms. The van der Waals surface area contributed by atoms with E-state index >= 15 is 0 Å². The van der Waals surface area contributed by atoms with Crippen molar-refractivity contribution in [1.82, 2.24) is 0 Å². The van der Waals surface area contributed by atoms with Crippen LogP contribution >= 0.6 is 0 Å². The summed E-state index contributed by atoms with van der Waals surface area (Å²) in [5.41, 5.74) is 8.77. The monoisotopic (exact) mass is 301 g/mol. The molecule has 0 heterocycles. The highest BCUT2D eigenvalue weighted by Crippen LogP contribution is 2.17. The Hall–Kier alpha value is -2.40. The maximum absolute atomic E-state index is 12.9. The van der Waals surface area contributed by atoms with Gasteiger partial charge in [-0.15, -0.1) is 0 Å². The number of anilines is 1. The predicted molar refractivity (Wildman–Crippen MR) is 87.4 cm³/mol. The Morgan fingerprint density at radius 2 is 2.00 bits per heavy atom. The first-order chi connectivity index (χ1) is 10.6. The first kappa shape index (κ1) is 16.0. The molecule has 0 aromatic heterocycles. The Morgan fingerprint density at radius 1 is 1.27 bits per heavy atom. The molecular weight excluding hydrogens is 281 g/mol.